The lowest BCUT2D eigenvalue weighted by atomic mass is 9.86. The van der Waals surface area contributed by atoms with Gasteiger partial charge in [0, 0.05) is 10.3 Å². The minimum atomic E-state index is -1.09. The molecule has 2 heterocycles. The van der Waals surface area contributed by atoms with E-state index < -0.39 is 22.3 Å². The average Bonchev–Trinajstić information content (AvgIpc) is 2.76. The van der Waals surface area contributed by atoms with Gasteiger partial charge in [-0.05, 0) is 39.8 Å². The van der Waals surface area contributed by atoms with Gasteiger partial charge >= 0.3 is 5.97 Å². The maximum absolute atomic E-state index is 12.6. The SMILES string of the molecule is Cc1cccc(C(=O)N[C@@]2(C)C(=O)N3[C@@H](C(=O)O)C(C)(C)S[C@@H]32)c1. The number of carboxylic acid groups (broad SMARTS) is 1. The summed E-state index contributed by atoms with van der Waals surface area (Å²) in [5.41, 5.74) is 0.351. The Morgan fingerprint density at radius 1 is 1.29 bits per heavy atom. The number of fused-ring (bicyclic) bond motifs is 1. The van der Waals surface area contributed by atoms with Gasteiger partial charge in [-0.3, -0.25) is 9.59 Å². The molecule has 2 N–H and O–H groups in total. The van der Waals surface area contributed by atoms with Crippen LogP contribution in [0.25, 0.3) is 0 Å². The van der Waals surface area contributed by atoms with E-state index in [0.29, 0.717) is 5.56 Å². The first kappa shape index (κ1) is 16.8. The Hall–Kier alpha value is -2.02. The Kier molecular flexibility index (Phi) is 3.67. The van der Waals surface area contributed by atoms with Gasteiger partial charge in [-0.1, -0.05) is 17.7 Å². The summed E-state index contributed by atoms with van der Waals surface area (Å²) < 4.78 is -0.613. The standard InChI is InChI=1S/C17H20N2O4S/c1-9-6-5-7-10(8-9)12(20)18-17(4)14(23)19-11(13(21)22)16(2,3)24-15(17)19/h5-8,11,15H,1-4H3,(H,18,20)(H,21,22)/t11-,15+,17-/m0/s1. The van der Waals surface area contributed by atoms with E-state index >= 15 is 0 Å². The number of benzene rings is 1. The monoisotopic (exact) mass is 348 g/mol. The van der Waals surface area contributed by atoms with Crippen LogP contribution in [-0.4, -0.2) is 49.5 Å². The minimum absolute atomic E-state index is 0.327. The molecule has 1 aromatic carbocycles. The van der Waals surface area contributed by atoms with Crippen LogP contribution in [0.4, 0.5) is 0 Å². The van der Waals surface area contributed by atoms with E-state index in [9.17, 15) is 19.5 Å². The van der Waals surface area contributed by atoms with Gasteiger partial charge in [-0.15, -0.1) is 11.8 Å². The van der Waals surface area contributed by atoms with Gasteiger partial charge in [-0.2, -0.15) is 0 Å². The van der Waals surface area contributed by atoms with Crippen LogP contribution in [0.1, 0.15) is 36.7 Å². The van der Waals surface area contributed by atoms with Crippen molar-refractivity contribution in [2.75, 3.05) is 0 Å². The van der Waals surface area contributed by atoms with Crippen molar-refractivity contribution < 1.29 is 19.5 Å². The molecule has 0 aromatic heterocycles. The normalized spacial score (nSPS) is 30.5. The summed E-state index contributed by atoms with van der Waals surface area (Å²) in [5, 5.41) is 11.9. The van der Waals surface area contributed by atoms with E-state index in [2.05, 4.69) is 5.32 Å². The van der Waals surface area contributed by atoms with Gasteiger partial charge in [0.2, 0.25) is 0 Å². The molecule has 6 nitrogen and oxygen atoms in total. The highest BCUT2D eigenvalue weighted by Gasteiger charge is 2.70. The summed E-state index contributed by atoms with van der Waals surface area (Å²) in [7, 11) is 0. The summed E-state index contributed by atoms with van der Waals surface area (Å²) in [6, 6.07) is 6.24. The van der Waals surface area contributed by atoms with Crippen molar-refractivity contribution in [1.82, 2.24) is 10.2 Å². The Labute approximate surface area is 144 Å². The zero-order chi connectivity index (χ0) is 17.9. The molecule has 0 spiro atoms. The van der Waals surface area contributed by atoms with E-state index in [1.54, 1.807) is 25.1 Å². The molecule has 2 saturated heterocycles. The highest BCUT2D eigenvalue weighted by Crippen LogP contribution is 2.54. The van der Waals surface area contributed by atoms with Crippen LogP contribution >= 0.6 is 11.8 Å². The molecule has 24 heavy (non-hydrogen) atoms. The molecule has 3 rings (SSSR count). The van der Waals surface area contributed by atoms with Gasteiger partial charge in [0.05, 0.1) is 0 Å². The van der Waals surface area contributed by atoms with Crippen molar-refractivity contribution in [1.29, 1.82) is 0 Å². The third-order valence-electron chi connectivity index (χ3n) is 4.66. The number of carbonyl (C=O) groups is 3. The fourth-order valence-electron chi connectivity index (χ4n) is 3.43. The molecule has 128 valence electrons. The third kappa shape index (κ3) is 2.30. The molecule has 2 aliphatic rings. The van der Waals surface area contributed by atoms with Gasteiger partial charge in [0.15, 0.2) is 0 Å². The van der Waals surface area contributed by atoms with E-state index in [4.69, 9.17) is 0 Å². The van der Waals surface area contributed by atoms with E-state index in [1.165, 1.54) is 16.7 Å². The average molecular weight is 348 g/mol. The minimum Gasteiger partial charge on any atom is -0.480 e. The Bertz CT molecular complexity index is 748. The van der Waals surface area contributed by atoms with E-state index in [-0.39, 0.29) is 17.2 Å². The highest BCUT2D eigenvalue weighted by atomic mass is 32.2. The number of aryl methyl sites for hydroxylation is 1. The molecule has 3 atom stereocenters. The number of thioether (sulfide) groups is 1. The lowest BCUT2D eigenvalue weighted by Crippen LogP contribution is -2.78. The summed E-state index contributed by atoms with van der Waals surface area (Å²) in [5.74, 6) is -1.69. The fraction of sp³-hybridized carbons (Fsp3) is 0.471. The largest absolute Gasteiger partial charge is 0.480 e. The first-order valence-corrected chi connectivity index (χ1v) is 8.58. The molecule has 0 saturated carbocycles. The van der Waals surface area contributed by atoms with Crippen molar-refractivity contribution in [3.8, 4) is 0 Å². The summed E-state index contributed by atoms with van der Waals surface area (Å²) in [6.45, 7) is 7.18. The van der Waals surface area contributed by atoms with Gasteiger partial charge in [-0.25, -0.2) is 4.79 Å². The maximum Gasteiger partial charge on any atom is 0.327 e. The number of nitrogens with zero attached hydrogens (tertiary/aromatic N) is 1. The summed E-state index contributed by atoms with van der Waals surface area (Å²) in [4.78, 5) is 38.1. The summed E-state index contributed by atoms with van der Waals surface area (Å²) in [6.07, 6.45) is 0. The van der Waals surface area contributed by atoms with Crippen molar-refractivity contribution in [2.45, 2.75) is 49.4 Å². The molecule has 0 bridgehead atoms. The van der Waals surface area contributed by atoms with Crippen LogP contribution in [-0.2, 0) is 9.59 Å². The van der Waals surface area contributed by atoms with E-state index in [0.717, 1.165) is 5.56 Å². The number of rotatable bonds is 3. The van der Waals surface area contributed by atoms with Crippen LogP contribution in [0, 0.1) is 6.92 Å². The first-order chi connectivity index (χ1) is 11.1. The Balaban J connectivity index is 1.84. The van der Waals surface area contributed by atoms with Crippen LogP contribution in [0.2, 0.25) is 0 Å². The third-order valence-corrected chi connectivity index (χ3v) is 6.42. The lowest BCUT2D eigenvalue weighted by Gasteiger charge is -2.51. The molecule has 0 unspecified atom stereocenters. The summed E-state index contributed by atoms with van der Waals surface area (Å²) >= 11 is 1.41. The number of carbonyl (C=O) groups excluding carboxylic acids is 2. The Morgan fingerprint density at radius 2 is 1.96 bits per heavy atom. The van der Waals surface area contributed by atoms with Gasteiger partial charge in [0.25, 0.3) is 11.8 Å². The van der Waals surface area contributed by atoms with Crippen molar-refractivity contribution in [3.63, 3.8) is 0 Å². The first-order valence-electron chi connectivity index (χ1n) is 7.70. The van der Waals surface area contributed by atoms with Crippen LogP contribution in [0.3, 0.4) is 0 Å². The number of hydrogen-bond donors (Lipinski definition) is 2. The number of nitrogens with one attached hydrogen (secondary N) is 1. The topological polar surface area (TPSA) is 86.7 Å². The highest BCUT2D eigenvalue weighted by molar-refractivity contribution is 8.01. The van der Waals surface area contributed by atoms with Crippen molar-refractivity contribution in [2.24, 2.45) is 0 Å². The Morgan fingerprint density at radius 3 is 2.54 bits per heavy atom. The van der Waals surface area contributed by atoms with Crippen LogP contribution in [0.5, 0.6) is 0 Å². The predicted octanol–water partition coefficient (Wildman–Crippen LogP) is 1.63. The number of carboxylic acids is 1. The smallest absolute Gasteiger partial charge is 0.327 e. The van der Waals surface area contributed by atoms with Crippen LogP contribution < -0.4 is 5.32 Å². The molecule has 0 radical (unpaired) electrons. The lowest BCUT2D eigenvalue weighted by molar-refractivity contribution is -0.165. The number of hydrogen-bond acceptors (Lipinski definition) is 4. The zero-order valence-electron chi connectivity index (χ0n) is 14.0. The predicted molar refractivity (Wildman–Crippen MR) is 90.8 cm³/mol. The molecule has 2 aliphatic heterocycles. The van der Waals surface area contributed by atoms with E-state index in [1.807, 2.05) is 26.8 Å². The van der Waals surface area contributed by atoms with Crippen molar-refractivity contribution >= 4 is 29.5 Å². The van der Waals surface area contributed by atoms with Gasteiger partial charge in [0.1, 0.15) is 17.0 Å². The molecular weight excluding hydrogens is 328 g/mol. The molecule has 2 amide bonds. The number of amides is 2. The van der Waals surface area contributed by atoms with Gasteiger partial charge < -0.3 is 15.3 Å². The quantitative estimate of drug-likeness (QED) is 0.811. The van der Waals surface area contributed by atoms with Crippen molar-refractivity contribution in [3.05, 3.63) is 35.4 Å². The zero-order valence-corrected chi connectivity index (χ0v) is 14.8. The second-order valence-corrected chi connectivity index (χ2v) is 8.79. The number of β-lactam (4-membered cyclic amide) rings is 1. The molecule has 0 aliphatic carbocycles. The molecule has 7 heteroatoms. The maximum atomic E-state index is 12.6. The van der Waals surface area contributed by atoms with Crippen LogP contribution in [0.15, 0.2) is 24.3 Å². The fourth-order valence-corrected chi connectivity index (χ4v) is 5.08. The molecule has 1 aromatic rings. The molecular formula is C17H20N2O4S. The second-order valence-electron chi connectivity index (χ2n) is 7.05. The second kappa shape index (κ2) is 5.24. The molecule has 2 fully saturated rings. The number of aliphatic carboxylic acids is 1.